The first kappa shape index (κ1) is 23.8. The van der Waals surface area contributed by atoms with Crippen molar-refractivity contribution in [3.63, 3.8) is 0 Å². The van der Waals surface area contributed by atoms with Crippen molar-refractivity contribution in [3.8, 4) is 0 Å². The van der Waals surface area contributed by atoms with E-state index < -0.39 is 53.5 Å². The van der Waals surface area contributed by atoms with Crippen LogP contribution >= 0.6 is 0 Å². The van der Waals surface area contributed by atoms with Crippen LogP contribution in [0.2, 0.25) is 0 Å². The Morgan fingerprint density at radius 2 is 1.97 bits per heavy atom. The summed E-state index contributed by atoms with van der Waals surface area (Å²) in [5.41, 5.74) is -2.17. The Labute approximate surface area is 176 Å². The number of ketones is 1. The number of hydrogen-bond acceptors (Lipinski definition) is 8. The Balaban J connectivity index is 2.62. The standard InChI is InChI=1S/C22H30O8/c1-11(2)9-17(25)30-19-18-13(4)21(26)29-15(18)10-12(3)7-8-16(24)22(6,27)20(19)28-14(5)23/h7-8,11-12,15,18-20,27H,4,9-10H2,1-3,5-6H3/b8-7-/t12-,15+,18-,19-,20+,22+/m0/s1. The van der Waals surface area contributed by atoms with Gasteiger partial charge < -0.3 is 19.3 Å². The van der Waals surface area contributed by atoms with Gasteiger partial charge in [-0.2, -0.15) is 0 Å². The van der Waals surface area contributed by atoms with E-state index in [0.717, 1.165) is 6.92 Å². The highest BCUT2D eigenvalue weighted by atomic mass is 16.6. The molecule has 1 heterocycles. The second kappa shape index (κ2) is 9.12. The largest absolute Gasteiger partial charge is 0.458 e. The molecule has 0 bridgehead atoms. The molecule has 0 aromatic rings. The van der Waals surface area contributed by atoms with Gasteiger partial charge in [-0.25, -0.2) is 4.79 Å². The summed E-state index contributed by atoms with van der Waals surface area (Å²) in [5, 5.41) is 11.1. The Kier molecular flexibility index (Phi) is 7.23. The summed E-state index contributed by atoms with van der Waals surface area (Å²) in [5.74, 6) is -3.83. The van der Waals surface area contributed by atoms with E-state index in [1.807, 2.05) is 20.8 Å². The van der Waals surface area contributed by atoms with Gasteiger partial charge in [0.1, 0.15) is 6.10 Å². The van der Waals surface area contributed by atoms with Crippen molar-refractivity contribution < 1.29 is 38.5 Å². The maximum Gasteiger partial charge on any atom is 0.334 e. The number of fused-ring (bicyclic) bond motifs is 1. The highest BCUT2D eigenvalue weighted by Crippen LogP contribution is 2.40. The van der Waals surface area contributed by atoms with Crippen LogP contribution in [0.5, 0.6) is 0 Å². The Morgan fingerprint density at radius 3 is 2.53 bits per heavy atom. The first-order valence-corrected chi connectivity index (χ1v) is 10.1. The van der Waals surface area contributed by atoms with E-state index in [-0.39, 0.29) is 23.8 Å². The first-order chi connectivity index (χ1) is 13.8. The molecule has 6 atom stereocenters. The van der Waals surface area contributed by atoms with Crippen LogP contribution in [-0.4, -0.2) is 52.7 Å². The summed E-state index contributed by atoms with van der Waals surface area (Å²) in [7, 11) is 0. The number of ether oxygens (including phenoxy) is 3. The zero-order valence-electron chi connectivity index (χ0n) is 18.0. The summed E-state index contributed by atoms with van der Waals surface area (Å²) >= 11 is 0. The minimum absolute atomic E-state index is 0.0187. The molecule has 0 unspecified atom stereocenters. The van der Waals surface area contributed by atoms with E-state index in [1.54, 1.807) is 6.08 Å². The van der Waals surface area contributed by atoms with Gasteiger partial charge in [0.25, 0.3) is 0 Å². The predicted octanol–water partition coefficient (Wildman–Crippen LogP) is 1.89. The molecule has 2 aliphatic rings. The van der Waals surface area contributed by atoms with Crippen LogP contribution in [0.1, 0.15) is 47.5 Å². The number of carbonyl (C=O) groups is 4. The zero-order valence-corrected chi connectivity index (χ0v) is 18.0. The molecule has 2 rings (SSSR count). The number of rotatable bonds is 4. The maximum atomic E-state index is 12.7. The molecule has 30 heavy (non-hydrogen) atoms. The van der Waals surface area contributed by atoms with Crippen molar-refractivity contribution in [1.29, 1.82) is 0 Å². The number of carbonyl (C=O) groups excluding carboxylic acids is 4. The van der Waals surface area contributed by atoms with Crippen molar-refractivity contribution in [2.24, 2.45) is 17.8 Å². The number of hydrogen-bond donors (Lipinski definition) is 1. The van der Waals surface area contributed by atoms with Gasteiger partial charge in [0.15, 0.2) is 23.6 Å². The van der Waals surface area contributed by atoms with Crippen LogP contribution in [0.25, 0.3) is 0 Å². The van der Waals surface area contributed by atoms with Crippen LogP contribution in [0.15, 0.2) is 24.3 Å². The second-order valence-corrected chi connectivity index (χ2v) is 8.66. The maximum absolute atomic E-state index is 12.7. The molecular formula is C22H30O8. The fraction of sp³-hybridized carbons (Fsp3) is 0.636. The molecule has 0 aromatic heterocycles. The third-order valence-electron chi connectivity index (χ3n) is 5.34. The fourth-order valence-electron chi connectivity index (χ4n) is 3.79. The van der Waals surface area contributed by atoms with E-state index in [4.69, 9.17) is 14.2 Å². The number of aliphatic hydroxyl groups is 1. The lowest BCUT2D eigenvalue weighted by atomic mass is 9.77. The molecule has 1 aliphatic carbocycles. The lowest BCUT2D eigenvalue weighted by Crippen LogP contribution is -2.58. The molecule has 0 aromatic carbocycles. The van der Waals surface area contributed by atoms with Crippen molar-refractivity contribution >= 4 is 23.7 Å². The predicted molar refractivity (Wildman–Crippen MR) is 106 cm³/mol. The molecule has 8 nitrogen and oxygen atoms in total. The molecule has 1 saturated heterocycles. The van der Waals surface area contributed by atoms with Crippen molar-refractivity contribution in [2.75, 3.05) is 0 Å². The smallest absolute Gasteiger partial charge is 0.334 e. The van der Waals surface area contributed by atoms with Crippen molar-refractivity contribution in [2.45, 2.75) is 71.4 Å². The van der Waals surface area contributed by atoms with E-state index >= 15 is 0 Å². The lowest BCUT2D eigenvalue weighted by Gasteiger charge is -2.39. The van der Waals surface area contributed by atoms with Crippen LogP contribution in [0.4, 0.5) is 0 Å². The van der Waals surface area contributed by atoms with Gasteiger partial charge in [-0.3, -0.25) is 14.4 Å². The topological polar surface area (TPSA) is 116 Å². The third-order valence-corrected chi connectivity index (χ3v) is 5.34. The summed E-state index contributed by atoms with van der Waals surface area (Å²) < 4.78 is 16.4. The van der Waals surface area contributed by atoms with Crippen molar-refractivity contribution in [1.82, 2.24) is 0 Å². The van der Waals surface area contributed by atoms with E-state index in [2.05, 4.69) is 6.58 Å². The summed E-state index contributed by atoms with van der Waals surface area (Å²) in [6.07, 6.45) is -0.403. The normalized spacial score (nSPS) is 35.4. The molecule has 0 spiro atoms. The van der Waals surface area contributed by atoms with Gasteiger partial charge in [-0.1, -0.05) is 33.4 Å². The van der Waals surface area contributed by atoms with Gasteiger partial charge in [0, 0.05) is 18.9 Å². The third kappa shape index (κ3) is 5.16. The summed E-state index contributed by atoms with van der Waals surface area (Å²) in [6, 6.07) is 0. The molecule has 8 heteroatoms. The van der Waals surface area contributed by atoms with Crippen molar-refractivity contribution in [3.05, 3.63) is 24.3 Å². The zero-order chi connectivity index (χ0) is 22.8. The minimum Gasteiger partial charge on any atom is -0.458 e. The van der Waals surface area contributed by atoms with Gasteiger partial charge >= 0.3 is 17.9 Å². The molecule has 0 radical (unpaired) electrons. The van der Waals surface area contributed by atoms with E-state index in [1.165, 1.54) is 13.0 Å². The second-order valence-electron chi connectivity index (χ2n) is 8.66. The first-order valence-electron chi connectivity index (χ1n) is 10.1. The highest BCUT2D eigenvalue weighted by Gasteiger charge is 2.55. The SMILES string of the molecule is C=C1C(=O)O[C@@H]2C[C@@H](C)/C=C\C(=O)[C@@](C)(O)[C@H](OC(C)=O)[C@@H](OC(=O)CC(C)C)[C@@H]12. The van der Waals surface area contributed by atoms with Gasteiger partial charge in [0.2, 0.25) is 0 Å². The summed E-state index contributed by atoms with van der Waals surface area (Å²) in [4.78, 5) is 49.4. The van der Waals surface area contributed by atoms with Crippen LogP contribution in [0, 0.1) is 17.8 Å². The van der Waals surface area contributed by atoms with Crippen LogP contribution in [-0.2, 0) is 33.4 Å². The average Bonchev–Trinajstić information content (AvgIpc) is 2.88. The number of allylic oxidation sites excluding steroid dienone is 1. The minimum atomic E-state index is -2.21. The van der Waals surface area contributed by atoms with Gasteiger partial charge in [-0.05, 0) is 31.3 Å². The molecule has 0 amide bonds. The fourth-order valence-corrected chi connectivity index (χ4v) is 3.79. The molecule has 1 aliphatic heterocycles. The molecule has 1 N–H and O–H groups in total. The van der Waals surface area contributed by atoms with Gasteiger partial charge in [-0.15, -0.1) is 0 Å². The Morgan fingerprint density at radius 1 is 1.33 bits per heavy atom. The average molecular weight is 422 g/mol. The molecule has 0 saturated carbocycles. The number of esters is 3. The van der Waals surface area contributed by atoms with E-state index in [9.17, 15) is 24.3 Å². The van der Waals surface area contributed by atoms with Crippen LogP contribution < -0.4 is 0 Å². The molecule has 166 valence electrons. The Bertz CT molecular complexity index is 763. The highest BCUT2D eigenvalue weighted by molar-refractivity contribution is 5.97. The lowest BCUT2D eigenvalue weighted by molar-refractivity contribution is -0.196. The quantitative estimate of drug-likeness (QED) is 0.415. The molecule has 1 fully saturated rings. The van der Waals surface area contributed by atoms with Gasteiger partial charge in [0.05, 0.1) is 5.92 Å². The van der Waals surface area contributed by atoms with E-state index in [0.29, 0.717) is 6.42 Å². The monoisotopic (exact) mass is 422 g/mol. The summed E-state index contributed by atoms with van der Waals surface area (Å²) in [6.45, 7) is 11.6. The Hall–Kier alpha value is -2.48. The van der Waals surface area contributed by atoms with Crippen LogP contribution in [0.3, 0.4) is 0 Å². The molecular weight excluding hydrogens is 392 g/mol.